The van der Waals surface area contributed by atoms with Crippen molar-refractivity contribution >= 4 is 11.6 Å². The van der Waals surface area contributed by atoms with Crippen molar-refractivity contribution < 1.29 is 18.0 Å². The molecule has 0 saturated carbocycles. The van der Waals surface area contributed by atoms with Gasteiger partial charge in [-0.2, -0.15) is 13.2 Å². The van der Waals surface area contributed by atoms with Crippen LogP contribution in [-0.2, 0) is 11.0 Å². The molecular weight excluding hydrogens is 315 g/mol. The molecule has 24 heavy (non-hydrogen) atoms. The molecule has 2 rings (SSSR count). The van der Waals surface area contributed by atoms with Gasteiger partial charge in [0, 0.05) is 19.2 Å². The van der Waals surface area contributed by atoms with Crippen molar-refractivity contribution in [3.63, 3.8) is 0 Å². The molecule has 0 aliphatic carbocycles. The number of hydrogen-bond donors (Lipinski definition) is 0. The number of carbonyl (C=O) groups excluding carboxylic acids is 1. The normalized spacial score (nSPS) is 11.2. The van der Waals surface area contributed by atoms with Crippen LogP contribution in [0.15, 0.2) is 60.7 Å². The van der Waals surface area contributed by atoms with Crippen LogP contribution < -0.4 is 4.90 Å². The number of nitrogens with zero attached hydrogens (tertiary/aromatic N) is 1. The van der Waals surface area contributed by atoms with Gasteiger partial charge < -0.3 is 4.90 Å². The second kappa shape index (κ2) is 6.91. The van der Waals surface area contributed by atoms with E-state index < -0.39 is 11.7 Å². The van der Waals surface area contributed by atoms with Gasteiger partial charge in [-0.05, 0) is 42.3 Å². The number of benzene rings is 2. The average molecular weight is 333 g/mol. The zero-order valence-corrected chi connectivity index (χ0v) is 13.5. The van der Waals surface area contributed by atoms with E-state index >= 15 is 0 Å². The number of carbonyl (C=O) groups is 1. The van der Waals surface area contributed by atoms with E-state index in [0.29, 0.717) is 12.1 Å². The Hall–Kier alpha value is -2.56. The SMILES string of the molecule is C=C(C)CN(C(C)=O)c1ccc(-c2ccc(C(F)(F)F)cc2)cc1. The molecule has 126 valence electrons. The van der Waals surface area contributed by atoms with Gasteiger partial charge in [-0.3, -0.25) is 4.79 Å². The first-order valence-corrected chi connectivity index (χ1v) is 7.38. The number of halogens is 3. The van der Waals surface area contributed by atoms with E-state index in [0.717, 1.165) is 29.0 Å². The summed E-state index contributed by atoms with van der Waals surface area (Å²) in [5, 5.41) is 0. The van der Waals surface area contributed by atoms with Gasteiger partial charge in [-0.25, -0.2) is 0 Å². The molecule has 1 amide bonds. The van der Waals surface area contributed by atoms with Crippen LogP contribution in [0.25, 0.3) is 11.1 Å². The molecule has 0 unspecified atom stereocenters. The zero-order valence-electron chi connectivity index (χ0n) is 13.5. The lowest BCUT2D eigenvalue weighted by Gasteiger charge is -2.21. The Kier molecular flexibility index (Phi) is 5.12. The molecule has 0 aliphatic rings. The van der Waals surface area contributed by atoms with Crippen LogP contribution >= 0.6 is 0 Å². The molecule has 0 spiro atoms. The molecule has 5 heteroatoms. The predicted octanol–water partition coefficient (Wildman–Crippen LogP) is 5.30. The molecule has 0 aromatic heterocycles. The molecular formula is C19H18F3NO. The molecule has 0 radical (unpaired) electrons. The van der Waals surface area contributed by atoms with Crippen molar-refractivity contribution in [3.05, 3.63) is 66.2 Å². The van der Waals surface area contributed by atoms with Gasteiger partial charge in [0.15, 0.2) is 0 Å². The Morgan fingerprint density at radius 2 is 1.42 bits per heavy atom. The summed E-state index contributed by atoms with van der Waals surface area (Å²) in [4.78, 5) is 13.3. The van der Waals surface area contributed by atoms with Crippen LogP contribution in [-0.4, -0.2) is 12.5 Å². The van der Waals surface area contributed by atoms with Crippen molar-refractivity contribution in [1.82, 2.24) is 0 Å². The van der Waals surface area contributed by atoms with E-state index in [4.69, 9.17) is 0 Å². The lowest BCUT2D eigenvalue weighted by Crippen LogP contribution is -2.29. The maximum absolute atomic E-state index is 12.6. The predicted molar refractivity (Wildman–Crippen MR) is 89.7 cm³/mol. The second-order valence-corrected chi connectivity index (χ2v) is 5.68. The lowest BCUT2D eigenvalue weighted by atomic mass is 10.0. The standard InChI is InChI=1S/C19H18F3NO/c1-13(2)12-23(14(3)24)18-10-6-16(7-11-18)15-4-8-17(9-5-15)19(20,21)22/h4-11H,1,12H2,2-3H3. The third kappa shape index (κ3) is 4.25. The second-order valence-electron chi connectivity index (χ2n) is 5.68. The first-order chi connectivity index (χ1) is 11.2. The number of alkyl halides is 3. The first-order valence-electron chi connectivity index (χ1n) is 7.38. The summed E-state index contributed by atoms with van der Waals surface area (Å²) < 4.78 is 37.8. The average Bonchev–Trinajstić information content (AvgIpc) is 2.52. The van der Waals surface area contributed by atoms with Gasteiger partial charge in [-0.1, -0.05) is 36.4 Å². The number of amides is 1. The minimum absolute atomic E-state index is 0.0970. The summed E-state index contributed by atoms with van der Waals surface area (Å²) in [5.74, 6) is -0.0970. The lowest BCUT2D eigenvalue weighted by molar-refractivity contribution is -0.137. The van der Waals surface area contributed by atoms with E-state index in [-0.39, 0.29) is 5.91 Å². The molecule has 2 nitrogen and oxygen atoms in total. The molecule has 0 aliphatic heterocycles. The van der Waals surface area contributed by atoms with E-state index in [1.54, 1.807) is 29.2 Å². The van der Waals surface area contributed by atoms with Crippen LogP contribution in [0.3, 0.4) is 0 Å². The van der Waals surface area contributed by atoms with Crippen LogP contribution in [0.5, 0.6) is 0 Å². The summed E-state index contributed by atoms with van der Waals surface area (Å²) in [6, 6.07) is 12.1. The molecule has 0 N–H and O–H groups in total. The smallest absolute Gasteiger partial charge is 0.309 e. The van der Waals surface area contributed by atoms with Gasteiger partial charge in [0.25, 0.3) is 0 Å². The minimum Gasteiger partial charge on any atom is -0.309 e. The third-order valence-electron chi connectivity index (χ3n) is 3.53. The fourth-order valence-corrected chi connectivity index (χ4v) is 2.34. The van der Waals surface area contributed by atoms with Crippen LogP contribution in [0, 0.1) is 0 Å². The van der Waals surface area contributed by atoms with E-state index in [2.05, 4.69) is 6.58 Å². The van der Waals surface area contributed by atoms with Crippen molar-refractivity contribution in [3.8, 4) is 11.1 Å². The number of anilines is 1. The minimum atomic E-state index is -4.34. The highest BCUT2D eigenvalue weighted by Gasteiger charge is 2.29. The highest BCUT2D eigenvalue weighted by molar-refractivity contribution is 5.92. The molecule has 2 aromatic carbocycles. The summed E-state index contributed by atoms with van der Waals surface area (Å²) >= 11 is 0. The van der Waals surface area contributed by atoms with Crippen LogP contribution in [0.4, 0.5) is 18.9 Å². The summed E-state index contributed by atoms with van der Waals surface area (Å²) in [5.41, 5.74) is 2.38. The van der Waals surface area contributed by atoms with Crippen molar-refractivity contribution in [2.24, 2.45) is 0 Å². The summed E-state index contributed by atoms with van der Waals surface area (Å²) in [6.07, 6.45) is -4.34. The first kappa shape index (κ1) is 17.8. The number of rotatable bonds is 4. The van der Waals surface area contributed by atoms with Crippen molar-refractivity contribution in [1.29, 1.82) is 0 Å². The highest BCUT2D eigenvalue weighted by Crippen LogP contribution is 2.31. The van der Waals surface area contributed by atoms with Gasteiger partial charge in [0.1, 0.15) is 0 Å². The Morgan fingerprint density at radius 3 is 1.79 bits per heavy atom. The molecule has 0 saturated heterocycles. The zero-order chi connectivity index (χ0) is 17.9. The fraction of sp³-hybridized carbons (Fsp3) is 0.211. The van der Waals surface area contributed by atoms with Crippen molar-refractivity contribution in [2.45, 2.75) is 20.0 Å². The Morgan fingerprint density at radius 1 is 0.958 bits per heavy atom. The van der Waals surface area contributed by atoms with Crippen LogP contribution in [0.1, 0.15) is 19.4 Å². The Labute approximate surface area is 139 Å². The topological polar surface area (TPSA) is 20.3 Å². The Balaban J connectivity index is 2.25. The van der Waals surface area contributed by atoms with Gasteiger partial charge in [-0.15, -0.1) is 0 Å². The maximum atomic E-state index is 12.6. The van der Waals surface area contributed by atoms with Gasteiger partial charge >= 0.3 is 6.18 Å². The molecule has 0 fully saturated rings. The molecule has 0 bridgehead atoms. The number of hydrogen-bond acceptors (Lipinski definition) is 1. The van der Waals surface area contributed by atoms with Crippen molar-refractivity contribution in [2.75, 3.05) is 11.4 Å². The Bertz CT molecular complexity index is 731. The van der Waals surface area contributed by atoms with Gasteiger partial charge in [0.2, 0.25) is 5.91 Å². The van der Waals surface area contributed by atoms with Crippen LogP contribution in [0.2, 0.25) is 0 Å². The van der Waals surface area contributed by atoms with E-state index in [1.807, 2.05) is 6.92 Å². The molecule has 0 atom stereocenters. The molecule has 2 aromatic rings. The summed E-state index contributed by atoms with van der Waals surface area (Å²) in [7, 11) is 0. The third-order valence-corrected chi connectivity index (χ3v) is 3.53. The van der Waals surface area contributed by atoms with E-state index in [9.17, 15) is 18.0 Å². The largest absolute Gasteiger partial charge is 0.416 e. The summed E-state index contributed by atoms with van der Waals surface area (Å²) in [6.45, 7) is 7.55. The highest BCUT2D eigenvalue weighted by atomic mass is 19.4. The quantitative estimate of drug-likeness (QED) is 0.695. The molecule has 0 heterocycles. The maximum Gasteiger partial charge on any atom is 0.416 e. The van der Waals surface area contributed by atoms with E-state index in [1.165, 1.54) is 19.1 Å². The monoisotopic (exact) mass is 333 g/mol. The fourth-order valence-electron chi connectivity index (χ4n) is 2.34. The van der Waals surface area contributed by atoms with Gasteiger partial charge in [0.05, 0.1) is 5.56 Å².